The molecule has 0 bridgehead atoms. The van der Waals surface area contributed by atoms with Crippen LogP contribution in [0.1, 0.15) is 31.5 Å². The number of hydrogen-bond donors (Lipinski definition) is 2. The molecule has 0 saturated carbocycles. The normalized spacial score (nSPS) is 15.2. The van der Waals surface area contributed by atoms with Crippen LogP contribution in [0, 0.1) is 5.41 Å². The van der Waals surface area contributed by atoms with Crippen molar-refractivity contribution in [2.45, 2.75) is 39.5 Å². The van der Waals surface area contributed by atoms with E-state index < -0.39 is 13.0 Å². The predicted molar refractivity (Wildman–Crippen MR) is 111 cm³/mol. The summed E-state index contributed by atoms with van der Waals surface area (Å²) in [5.41, 5.74) is 6.19. The zero-order valence-corrected chi connectivity index (χ0v) is 16.6. The van der Waals surface area contributed by atoms with Gasteiger partial charge < -0.3 is 15.0 Å². The summed E-state index contributed by atoms with van der Waals surface area (Å²) in [7, 11) is 0. The van der Waals surface area contributed by atoms with Crippen molar-refractivity contribution in [3.05, 3.63) is 60.0 Å². The van der Waals surface area contributed by atoms with Crippen LogP contribution in [0.5, 0.6) is 5.75 Å². The molecule has 0 fully saturated rings. The van der Waals surface area contributed by atoms with Crippen LogP contribution in [-0.2, 0) is 12.8 Å². The number of ether oxygens (including phenoxy) is 1. The number of alkyl halides is 2. The summed E-state index contributed by atoms with van der Waals surface area (Å²) >= 11 is 0. The third kappa shape index (κ3) is 4.26. The summed E-state index contributed by atoms with van der Waals surface area (Å²) < 4.78 is 30.8. The standard InChI is InChI=1S/C23H25F2N3O/c1-23(2)10-8-16-18(12-23)28-22(21(16)27-15-6-4-3-5-7-15)17-9-11-26-13-19(17)29-14-20(24)25/h3-7,9,11,13,20,27-28H,8,10,12,14H2,1-2H3. The number of pyridine rings is 1. The average Bonchev–Trinajstić information content (AvgIpc) is 3.03. The zero-order valence-electron chi connectivity index (χ0n) is 16.6. The smallest absolute Gasteiger partial charge is 0.272 e. The second-order valence-corrected chi connectivity index (χ2v) is 8.24. The Morgan fingerprint density at radius 2 is 2.00 bits per heavy atom. The maximum atomic E-state index is 12.7. The second-order valence-electron chi connectivity index (χ2n) is 8.24. The molecule has 1 aliphatic rings. The Labute approximate surface area is 169 Å². The van der Waals surface area contributed by atoms with E-state index in [2.05, 4.69) is 29.1 Å². The Balaban J connectivity index is 1.80. The van der Waals surface area contributed by atoms with Gasteiger partial charge in [0.2, 0.25) is 0 Å². The molecule has 4 nitrogen and oxygen atoms in total. The molecule has 0 aliphatic heterocycles. The maximum Gasteiger partial charge on any atom is 0.272 e. The summed E-state index contributed by atoms with van der Waals surface area (Å²) in [6.07, 6.45) is 3.58. The number of aromatic nitrogens is 2. The largest absolute Gasteiger partial charge is 0.485 e. The molecule has 29 heavy (non-hydrogen) atoms. The summed E-state index contributed by atoms with van der Waals surface area (Å²) in [5, 5.41) is 3.54. The highest BCUT2D eigenvalue weighted by molar-refractivity contribution is 5.85. The van der Waals surface area contributed by atoms with E-state index in [4.69, 9.17) is 4.74 Å². The van der Waals surface area contributed by atoms with Gasteiger partial charge in [-0.15, -0.1) is 0 Å². The lowest BCUT2D eigenvalue weighted by molar-refractivity contribution is 0.0820. The van der Waals surface area contributed by atoms with Gasteiger partial charge in [-0.2, -0.15) is 0 Å². The molecule has 2 heterocycles. The number of anilines is 2. The van der Waals surface area contributed by atoms with Gasteiger partial charge in [-0.05, 0) is 48.4 Å². The van der Waals surface area contributed by atoms with Gasteiger partial charge in [0.25, 0.3) is 6.43 Å². The summed E-state index contributed by atoms with van der Waals surface area (Å²) in [6.45, 7) is 3.88. The van der Waals surface area contributed by atoms with Crippen molar-refractivity contribution in [1.82, 2.24) is 9.97 Å². The van der Waals surface area contributed by atoms with Crippen molar-refractivity contribution < 1.29 is 13.5 Å². The number of nitrogens with one attached hydrogen (secondary N) is 2. The topological polar surface area (TPSA) is 49.9 Å². The van der Waals surface area contributed by atoms with E-state index in [1.165, 1.54) is 17.5 Å². The van der Waals surface area contributed by atoms with Gasteiger partial charge in [-0.3, -0.25) is 4.98 Å². The van der Waals surface area contributed by atoms with Crippen molar-refractivity contribution >= 4 is 11.4 Å². The maximum absolute atomic E-state index is 12.7. The van der Waals surface area contributed by atoms with Crippen molar-refractivity contribution in [3.8, 4) is 17.0 Å². The van der Waals surface area contributed by atoms with Gasteiger partial charge in [-0.25, -0.2) is 8.78 Å². The number of halogens is 2. The van der Waals surface area contributed by atoms with Gasteiger partial charge in [0.1, 0.15) is 12.4 Å². The third-order valence-electron chi connectivity index (χ3n) is 5.36. The van der Waals surface area contributed by atoms with Gasteiger partial charge >= 0.3 is 0 Å². The van der Waals surface area contributed by atoms with Crippen LogP contribution in [0.2, 0.25) is 0 Å². The number of nitrogens with zero attached hydrogens (tertiary/aromatic N) is 1. The van der Waals surface area contributed by atoms with E-state index >= 15 is 0 Å². The van der Waals surface area contributed by atoms with E-state index in [1.807, 2.05) is 30.3 Å². The molecule has 1 aromatic carbocycles. The molecule has 1 aliphatic carbocycles. The molecule has 0 amide bonds. The quantitative estimate of drug-likeness (QED) is 0.538. The number of aromatic amines is 1. The predicted octanol–water partition coefficient (Wildman–Crippen LogP) is 5.98. The minimum Gasteiger partial charge on any atom is -0.485 e. The number of benzene rings is 1. The molecule has 0 saturated heterocycles. The molecular formula is C23H25F2N3O. The molecule has 2 aromatic heterocycles. The fourth-order valence-electron chi connectivity index (χ4n) is 3.91. The second kappa shape index (κ2) is 7.85. The number of H-pyrrole nitrogens is 1. The van der Waals surface area contributed by atoms with E-state index in [1.54, 1.807) is 12.3 Å². The van der Waals surface area contributed by atoms with Crippen molar-refractivity contribution in [2.75, 3.05) is 11.9 Å². The lowest BCUT2D eigenvalue weighted by Crippen LogP contribution is -2.22. The molecule has 3 aromatic rings. The molecular weight excluding hydrogens is 372 g/mol. The van der Waals surface area contributed by atoms with Gasteiger partial charge in [-0.1, -0.05) is 32.0 Å². The Morgan fingerprint density at radius 1 is 1.21 bits per heavy atom. The fraction of sp³-hybridized carbons (Fsp3) is 0.348. The SMILES string of the molecule is CC1(C)CCc2c([nH]c(-c3ccncc3OCC(F)F)c2Nc2ccccc2)C1. The molecule has 4 rings (SSSR count). The first-order valence-electron chi connectivity index (χ1n) is 9.84. The van der Waals surface area contributed by atoms with Crippen molar-refractivity contribution in [2.24, 2.45) is 5.41 Å². The Kier molecular flexibility index (Phi) is 5.26. The monoisotopic (exact) mass is 397 g/mol. The minimum absolute atomic E-state index is 0.215. The van der Waals surface area contributed by atoms with Crippen LogP contribution in [0.25, 0.3) is 11.3 Å². The van der Waals surface area contributed by atoms with E-state index in [0.29, 0.717) is 5.75 Å². The molecule has 0 unspecified atom stereocenters. The average molecular weight is 397 g/mol. The van der Waals surface area contributed by atoms with Crippen LogP contribution in [0.4, 0.5) is 20.2 Å². The number of fused-ring (bicyclic) bond motifs is 1. The summed E-state index contributed by atoms with van der Waals surface area (Å²) in [5.74, 6) is 0.349. The van der Waals surface area contributed by atoms with Crippen LogP contribution in [-0.4, -0.2) is 23.0 Å². The number of para-hydroxylation sites is 1. The molecule has 0 atom stereocenters. The van der Waals surface area contributed by atoms with E-state index in [9.17, 15) is 8.78 Å². The van der Waals surface area contributed by atoms with Gasteiger partial charge in [0.05, 0.1) is 17.6 Å². The lowest BCUT2D eigenvalue weighted by atomic mass is 9.76. The Bertz CT molecular complexity index is 983. The Hall–Kier alpha value is -2.89. The highest BCUT2D eigenvalue weighted by Crippen LogP contribution is 2.44. The molecule has 0 spiro atoms. The highest BCUT2D eigenvalue weighted by Gasteiger charge is 2.31. The molecule has 6 heteroatoms. The number of rotatable bonds is 6. The first-order valence-corrected chi connectivity index (χ1v) is 9.84. The number of hydrogen-bond acceptors (Lipinski definition) is 3. The minimum atomic E-state index is -2.54. The first kappa shape index (κ1) is 19.4. The van der Waals surface area contributed by atoms with Gasteiger partial charge in [0, 0.05) is 23.1 Å². The third-order valence-corrected chi connectivity index (χ3v) is 5.36. The highest BCUT2D eigenvalue weighted by atomic mass is 19.3. The lowest BCUT2D eigenvalue weighted by Gasteiger charge is -2.29. The summed E-state index contributed by atoms with van der Waals surface area (Å²) in [4.78, 5) is 7.63. The molecule has 0 radical (unpaired) electrons. The fourth-order valence-corrected chi connectivity index (χ4v) is 3.91. The summed E-state index contributed by atoms with van der Waals surface area (Å²) in [6, 6.07) is 11.8. The van der Waals surface area contributed by atoms with Crippen LogP contribution in [0.3, 0.4) is 0 Å². The van der Waals surface area contributed by atoms with E-state index in [0.717, 1.165) is 41.9 Å². The van der Waals surface area contributed by atoms with Crippen molar-refractivity contribution in [1.29, 1.82) is 0 Å². The molecule has 152 valence electrons. The van der Waals surface area contributed by atoms with Crippen LogP contribution >= 0.6 is 0 Å². The molecule has 2 N–H and O–H groups in total. The van der Waals surface area contributed by atoms with E-state index in [-0.39, 0.29) is 5.41 Å². The zero-order chi connectivity index (χ0) is 20.4. The van der Waals surface area contributed by atoms with Gasteiger partial charge in [0.15, 0.2) is 0 Å². The first-order chi connectivity index (χ1) is 13.9. The van der Waals surface area contributed by atoms with Crippen LogP contribution < -0.4 is 10.1 Å². The Morgan fingerprint density at radius 3 is 2.76 bits per heavy atom. The van der Waals surface area contributed by atoms with Crippen molar-refractivity contribution in [3.63, 3.8) is 0 Å². The van der Waals surface area contributed by atoms with Crippen LogP contribution in [0.15, 0.2) is 48.8 Å².